The lowest BCUT2D eigenvalue weighted by atomic mass is 9.78. The summed E-state index contributed by atoms with van der Waals surface area (Å²) in [5.74, 6) is -1.74. The van der Waals surface area contributed by atoms with Crippen molar-refractivity contribution in [2.45, 2.75) is 57.4 Å². The van der Waals surface area contributed by atoms with E-state index in [-0.39, 0.29) is 11.8 Å². The van der Waals surface area contributed by atoms with Crippen LogP contribution in [0.5, 0.6) is 0 Å². The van der Waals surface area contributed by atoms with Crippen LogP contribution in [0.15, 0.2) is 42.5 Å². The topological polar surface area (TPSA) is 110 Å². The van der Waals surface area contributed by atoms with Gasteiger partial charge in [0, 0.05) is 32.6 Å². The minimum absolute atomic E-state index is 0.0859. The lowest BCUT2D eigenvalue weighted by Gasteiger charge is -2.47. The molecule has 0 spiro atoms. The number of likely N-dealkylation sites (tertiary alicyclic amines) is 1. The zero-order chi connectivity index (χ0) is 28.1. The van der Waals surface area contributed by atoms with Crippen molar-refractivity contribution in [2.75, 3.05) is 39.3 Å². The maximum Gasteiger partial charge on any atom is 0.327 e. The fourth-order valence-electron chi connectivity index (χ4n) is 6.49. The first kappa shape index (κ1) is 28.1. The van der Waals surface area contributed by atoms with Gasteiger partial charge < -0.3 is 20.2 Å². The van der Waals surface area contributed by atoms with Gasteiger partial charge in [-0.2, -0.15) is 0 Å². The highest BCUT2D eigenvalue weighted by Gasteiger charge is 2.56. The highest BCUT2D eigenvalue weighted by molar-refractivity contribution is 6.07. The van der Waals surface area contributed by atoms with Crippen molar-refractivity contribution >= 4 is 34.6 Å². The Hall–Kier alpha value is -3.46. The number of imide groups is 1. The van der Waals surface area contributed by atoms with E-state index >= 15 is 0 Å². The number of unbranched alkanes of at least 4 members (excludes halogenated alkanes) is 2. The molecule has 2 atom stereocenters. The fraction of sp³-hybridized carbons (Fsp3) is 0.548. The van der Waals surface area contributed by atoms with Gasteiger partial charge >= 0.3 is 12.0 Å². The molecule has 0 aromatic heterocycles. The van der Waals surface area contributed by atoms with E-state index in [0.29, 0.717) is 44.9 Å². The molecule has 3 aliphatic heterocycles. The molecule has 4 amide bonds. The van der Waals surface area contributed by atoms with Crippen molar-refractivity contribution in [1.29, 1.82) is 0 Å². The molecule has 9 nitrogen and oxygen atoms in total. The third-order valence-electron chi connectivity index (χ3n) is 8.84. The van der Waals surface area contributed by atoms with Crippen molar-refractivity contribution in [3.63, 3.8) is 0 Å². The first-order valence-electron chi connectivity index (χ1n) is 14.7. The summed E-state index contributed by atoms with van der Waals surface area (Å²) in [4.78, 5) is 55.0. The Morgan fingerprint density at radius 1 is 0.875 bits per heavy atom. The molecule has 3 fully saturated rings. The predicted molar refractivity (Wildman–Crippen MR) is 152 cm³/mol. The molecule has 2 N–H and O–H groups in total. The number of urea groups is 1. The highest BCUT2D eigenvalue weighted by Crippen LogP contribution is 2.35. The second-order valence-corrected chi connectivity index (χ2v) is 11.4. The minimum Gasteiger partial charge on any atom is -0.480 e. The van der Waals surface area contributed by atoms with Crippen LogP contribution in [0, 0.1) is 11.8 Å². The molecule has 0 aliphatic carbocycles. The van der Waals surface area contributed by atoms with Crippen LogP contribution in [0.4, 0.5) is 4.79 Å². The SMILES string of the molecule is O=C(O)[C@@H]1[C@@H](CC2CCNCC2)C(=O)N1C(=O)N1CCN(C(=O)CCCCCc2cccc3ccccc23)CC1. The second-order valence-electron chi connectivity index (χ2n) is 11.4. The number of carboxylic acid groups (broad SMARTS) is 1. The van der Waals surface area contributed by atoms with Gasteiger partial charge in [0.2, 0.25) is 11.8 Å². The lowest BCUT2D eigenvalue weighted by molar-refractivity contribution is -0.167. The van der Waals surface area contributed by atoms with E-state index in [4.69, 9.17) is 0 Å². The number of hydrogen-bond acceptors (Lipinski definition) is 5. The van der Waals surface area contributed by atoms with E-state index in [0.717, 1.165) is 56.5 Å². The third kappa shape index (κ3) is 6.14. The Kier molecular flexibility index (Phi) is 8.99. The van der Waals surface area contributed by atoms with E-state index in [1.807, 2.05) is 0 Å². The summed E-state index contributed by atoms with van der Waals surface area (Å²) in [6, 6.07) is 13.2. The summed E-state index contributed by atoms with van der Waals surface area (Å²) in [6.07, 6.45) is 6.65. The first-order chi connectivity index (χ1) is 19.4. The summed E-state index contributed by atoms with van der Waals surface area (Å²) in [5, 5.41) is 15.6. The molecule has 0 saturated carbocycles. The first-order valence-corrected chi connectivity index (χ1v) is 14.7. The van der Waals surface area contributed by atoms with Crippen molar-refractivity contribution < 1.29 is 24.3 Å². The number of benzene rings is 2. The molecule has 3 aliphatic rings. The molecule has 9 heteroatoms. The summed E-state index contributed by atoms with van der Waals surface area (Å²) >= 11 is 0. The van der Waals surface area contributed by atoms with Crippen LogP contribution in [-0.4, -0.2) is 88.9 Å². The number of carboxylic acids is 1. The average molecular weight is 549 g/mol. The van der Waals surface area contributed by atoms with E-state index in [2.05, 4.69) is 47.8 Å². The summed E-state index contributed by atoms with van der Waals surface area (Å²) < 4.78 is 0. The van der Waals surface area contributed by atoms with Crippen LogP contribution in [0.25, 0.3) is 10.8 Å². The number of hydrogen-bond donors (Lipinski definition) is 2. The average Bonchev–Trinajstić information content (AvgIpc) is 2.98. The molecule has 3 heterocycles. The van der Waals surface area contributed by atoms with E-state index in [1.165, 1.54) is 21.2 Å². The number of carbonyl (C=O) groups is 4. The van der Waals surface area contributed by atoms with Crippen LogP contribution < -0.4 is 5.32 Å². The second kappa shape index (κ2) is 12.8. The normalized spacial score (nSPS) is 21.9. The molecule has 214 valence electrons. The summed E-state index contributed by atoms with van der Waals surface area (Å²) in [5.41, 5.74) is 1.34. The molecule has 0 bridgehead atoms. The largest absolute Gasteiger partial charge is 0.480 e. The smallest absolute Gasteiger partial charge is 0.327 e. The van der Waals surface area contributed by atoms with Crippen LogP contribution in [0.2, 0.25) is 0 Å². The van der Waals surface area contributed by atoms with Gasteiger partial charge in [0.05, 0.1) is 5.92 Å². The maximum absolute atomic E-state index is 13.1. The van der Waals surface area contributed by atoms with Gasteiger partial charge in [0.25, 0.3) is 0 Å². The van der Waals surface area contributed by atoms with Gasteiger partial charge in [-0.15, -0.1) is 0 Å². The van der Waals surface area contributed by atoms with E-state index in [9.17, 15) is 24.3 Å². The molecule has 2 aromatic carbocycles. The van der Waals surface area contributed by atoms with Crippen LogP contribution >= 0.6 is 0 Å². The van der Waals surface area contributed by atoms with Gasteiger partial charge in [-0.25, -0.2) is 14.5 Å². The molecule has 0 radical (unpaired) electrons. The zero-order valence-corrected chi connectivity index (χ0v) is 23.1. The summed E-state index contributed by atoms with van der Waals surface area (Å²) in [6.45, 7) is 3.17. The number of carbonyl (C=O) groups excluding carboxylic acids is 3. The molecular weight excluding hydrogens is 508 g/mol. The van der Waals surface area contributed by atoms with Crippen LogP contribution in [0.3, 0.4) is 0 Å². The van der Waals surface area contributed by atoms with Crippen molar-refractivity contribution in [1.82, 2.24) is 20.0 Å². The minimum atomic E-state index is -1.12. The lowest BCUT2D eigenvalue weighted by Crippen LogP contribution is -2.69. The number of fused-ring (bicyclic) bond motifs is 1. The number of piperazine rings is 1. The molecule has 5 rings (SSSR count). The van der Waals surface area contributed by atoms with E-state index < -0.39 is 24.0 Å². The van der Waals surface area contributed by atoms with Crippen LogP contribution in [-0.2, 0) is 20.8 Å². The molecular formula is C31H40N4O5. The quantitative estimate of drug-likeness (QED) is 0.367. The number of aliphatic carboxylic acids is 1. The fourth-order valence-corrected chi connectivity index (χ4v) is 6.49. The van der Waals surface area contributed by atoms with Gasteiger partial charge in [-0.05, 0) is 73.9 Å². The van der Waals surface area contributed by atoms with Gasteiger partial charge in [0.1, 0.15) is 0 Å². The van der Waals surface area contributed by atoms with Crippen LogP contribution in [0.1, 0.15) is 50.5 Å². The standard InChI is InChI=1S/C31H40N4O5/c36-27(12-3-1-2-7-23-9-6-10-24-8-4-5-11-25(23)24)33-17-19-34(20-18-33)31(40)35-28(30(38)39)26(29(35)37)21-22-13-15-32-16-14-22/h4-6,8-11,22,26,28,32H,1-3,7,12-21H2,(H,38,39)/t26-,28+/m1/s1. The van der Waals surface area contributed by atoms with Gasteiger partial charge in [0.15, 0.2) is 6.04 Å². The number of nitrogens with one attached hydrogen (secondary N) is 1. The molecule has 3 saturated heterocycles. The predicted octanol–water partition coefficient (Wildman–Crippen LogP) is 3.51. The summed E-state index contributed by atoms with van der Waals surface area (Å²) in [7, 11) is 0. The monoisotopic (exact) mass is 548 g/mol. The number of amides is 4. The number of rotatable bonds is 9. The number of aryl methyl sites for hydroxylation is 1. The molecule has 40 heavy (non-hydrogen) atoms. The Morgan fingerprint density at radius 2 is 1.57 bits per heavy atom. The number of β-lactam (4-membered cyclic amide) rings is 1. The van der Waals surface area contributed by atoms with Gasteiger partial charge in [-0.3, -0.25) is 9.59 Å². The molecule has 0 unspecified atom stereocenters. The Balaban J connectivity index is 1.03. The zero-order valence-electron chi connectivity index (χ0n) is 23.1. The highest BCUT2D eigenvalue weighted by atomic mass is 16.4. The number of piperidine rings is 1. The third-order valence-corrected chi connectivity index (χ3v) is 8.84. The maximum atomic E-state index is 13.1. The number of nitrogens with zero attached hydrogens (tertiary/aromatic N) is 3. The Labute approximate surface area is 235 Å². The van der Waals surface area contributed by atoms with Gasteiger partial charge in [-0.1, -0.05) is 48.9 Å². The Morgan fingerprint density at radius 3 is 2.33 bits per heavy atom. The van der Waals surface area contributed by atoms with Crippen molar-refractivity contribution in [2.24, 2.45) is 11.8 Å². The van der Waals surface area contributed by atoms with E-state index in [1.54, 1.807) is 4.90 Å². The Bertz CT molecular complexity index is 1230. The van der Waals surface area contributed by atoms with Crippen molar-refractivity contribution in [3.8, 4) is 0 Å². The molecule has 2 aromatic rings. The van der Waals surface area contributed by atoms with Crippen molar-refractivity contribution in [3.05, 3.63) is 48.0 Å².